The smallest absolute Gasteiger partial charge is 0.246 e. The fourth-order valence-electron chi connectivity index (χ4n) is 3.32. The van der Waals surface area contributed by atoms with Crippen LogP contribution in [0.2, 0.25) is 0 Å². The van der Waals surface area contributed by atoms with Gasteiger partial charge in [-0.1, -0.05) is 33.6 Å². The molecular weight excluding hydrogens is 326 g/mol. The summed E-state index contributed by atoms with van der Waals surface area (Å²) >= 11 is 0. The highest BCUT2D eigenvalue weighted by Gasteiger charge is 2.36. The predicted octanol–water partition coefficient (Wildman–Crippen LogP) is 2.69. The van der Waals surface area contributed by atoms with Crippen molar-refractivity contribution in [3.05, 3.63) is 11.9 Å². The Morgan fingerprint density at radius 2 is 1.92 bits per heavy atom. The second-order valence-electron chi connectivity index (χ2n) is 7.94. The Morgan fingerprint density at radius 1 is 1.33 bits per heavy atom. The molecule has 0 aromatic carbocycles. The van der Waals surface area contributed by atoms with Crippen molar-refractivity contribution >= 4 is 10.0 Å². The minimum absolute atomic E-state index is 0.0954. The first kappa shape index (κ1) is 19.4. The molecule has 1 fully saturated rings. The highest BCUT2D eigenvalue weighted by atomic mass is 32.2. The lowest BCUT2D eigenvalue weighted by molar-refractivity contribution is 0.236. The van der Waals surface area contributed by atoms with Crippen molar-refractivity contribution in [3.8, 4) is 0 Å². The lowest BCUT2D eigenvalue weighted by Crippen LogP contribution is -2.39. The summed E-state index contributed by atoms with van der Waals surface area (Å²) in [5.74, 6) is 0. The van der Waals surface area contributed by atoms with Crippen LogP contribution in [0.4, 0.5) is 0 Å². The number of sulfonamides is 1. The van der Waals surface area contributed by atoms with Gasteiger partial charge in [-0.2, -0.15) is 9.40 Å². The third kappa shape index (κ3) is 3.83. The van der Waals surface area contributed by atoms with E-state index in [-0.39, 0.29) is 29.5 Å². The van der Waals surface area contributed by atoms with Crippen LogP contribution >= 0.6 is 0 Å². The fourth-order valence-corrected chi connectivity index (χ4v) is 5.28. The second-order valence-corrected chi connectivity index (χ2v) is 9.80. The van der Waals surface area contributed by atoms with E-state index in [1.807, 2.05) is 39.3 Å². The summed E-state index contributed by atoms with van der Waals surface area (Å²) in [4.78, 5) is 0.282. The largest absolute Gasteiger partial charge is 0.395 e. The maximum absolute atomic E-state index is 13.2. The summed E-state index contributed by atoms with van der Waals surface area (Å²) in [5, 5.41) is 14.0. The number of hydrogen-bond donors (Lipinski definition) is 1. The highest BCUT2D eigenvalue weighted by Crippen LogP contribution is 2.35. The van der Waals surface area contributed by atoms with Crippen molar-refractivity contribution in [2.24, 2.45) is 0 Å². The van der Waals surface area contributed by atoms with Crippen LogP contribution in [0.25, 0.3) is 0 Å². The maximum Gasteiger partial charge on any atom is 0.246 e. The van der Waals surface area contributed by atoms with Gasteiger partial charge < -0.3 is 5.11 Å². The Hall–Kier alpha value is -0.920. The van der Waals surface area contributed by atoms with E-state index < -0.39 is 10.0 Å². The molecule has 0 aliphatic heterocycles. The van der Waals surface area contributed by atoms with Crippen molar-refractivity contribution < 1.29 is 13.5 Å². The normalized spacial score (nSPS) is 17.3. The van der Waals surface area contributed by atoms with E-state index in [1.54, 1.807) is 6.20 Å². The van der Waals surface area contributed by atoms with E-state index in [0.717, 1.165) is 12.8 Å². The zero-order valence-corrected chi connectivity index (χ0v) is 16.3. The Morgan fingerprint density at radius 3 is 2.38 bits per heavy atom. The number of hydrogen-bond acceptors (Lipinski definition) is 4. The number of rotatable bonds is 6. The van der Waals surface area contributed by atoms with Crippen molar-refractivity contribution in [1.29, 1.82) is 0 Å². The SMILES string of the molecule is CC(C)N(CCO)S(=O)(=O)c1cn(C2CCCC2)nc1C(C)(C)C. The van der Waals surface area contributed by atoms with Crippen LogP contribution in [0.5, 0.6) is 0 Å². The quantitative estimate of drug-likeness (QED) is 0.849. The Labute approximate surface area is 145 Å². The van der Waals surface area contributed by atoms with Gasteiger partial charge in [0.25, 0.3) is 0 Å². The zero-order valence-electron chi connectivity index (χ0n) is 15.5. The van der Waals surface area contributed by atoms with Gasteiger partial charge in [0.05, 0.1) is 18.3 Å². The molecule has 0 bridgehead atoms. The van der Waals surface area contributed by atoms with Crippen LogP contribution in [0, 0.1) is 0 Å². The second kappa shape index (κ2) is 7.14. The molecule has 6 nitrogen and oxygen atoms in total. The molecule has 24 heavy (non-hydrogen) atoms. The Kier molecular flexibility index (Phi) is 5.77. The van der Waals surface area contributed by atoms with E-state index in [1.165, 1.54) is 17.1 Å². The van der Waals surface area contributed by atoms with Gasteiger partial charge in [0.1, 0.15) is 4.90 Å². The molecule has 138 valence electrons. The molecule has 1 aromatic heterocycles. The molecule has 0 amide bonds. The van der Waals surface area contributed by atoms with E-state index in [4.69, 9.17) is 0 Å². The molecule has 0 atom stereocenters. The molecule has 1 N–H and O–H groups in total. The summed E-state index contributed by atoms with van der Waals surface area (Å²) in [6, 6.07) is 0.0743. The van der Waals surface area contributed by atoms with Crippen LogP contribution < -0.4 is 0 Å². The van der Waals surface area contributed by atoms with Crippen LogP contribution in [-0.4, -0.2) is 46.8 Å². The molecule has 0 radical (unpaired) electrons. The topological polar surface area (TPSA) is 75.4 Å². The minimum Gasteiger partial charge on any atom is -0.395 e. The molecule has 1 aliphatic rings. The van der Waals surface area contributed by atoms with Gasteiger partial charge in [-0.25, -0.2) is 8.42 Å². The van der Waals surface area contributed by atoms with Gasteiger partial charge in [0.2, 0.25) is 10.0 Å². The van der Waals surface area contributed by atoms with Gasteiger partial charge in [-0.05, 0) is 26.7 Å². The molecule has 7 heteroatoms. The summed E-state index contributed by atoms with van der Waals surface area (Å²) in [5.41, 5.74) is 0.242. The summed E-state index contributed by atoms with van der Waals surface area (Å²) in [6.45, 7) is 9.51. The number of aliphatic hydroxyl groups excluding tert-OH is 1. The molecule has 2 rings (SSSR count). The first-order valence-corrected chi connectivity index (χ1v) is 10.3. The Balaban J connectivity index is 2.54. The zero-order chi connectivity index (χ0) is 18.1. The van der Waals surface area contributed by atoms with E-state index in [0.29, 0.717) is 11.7 Å². The molecule has 1 aliphatic carbocycles. The van der Waals surface area contributed by atoms with Gasteiger partial charge >= 0.3 is 0 Å². The van der Waals surface area contributed by atoms with Gasteiger partial charge in [-0.15, -0.1) is 0 Å². The number of nitrogens with zero attached hydrogens (tertiary/aromatic N) is 3. The number of aliphatic hydroxyl groups is 1. The molecule has 0 spiro atoms. The molecule has 0 unspecified atom stereocenters. The summed E-state index contributed by atoms with van der Waals surface area (Å²) in [6.07, 6.45) is 6.14. The fraction of sp³-hybridized carbons (Fsp3) is 0.824. The first-order chi connectivity index (χ1) is 11.1. The van der Waals surface area contributed by atoms with Crippen LogP contribution in [0.3, 0.4) is 0 Å². The van der Waals surface area contributed by atoms with E-state index in [9.17, 15) is 13.5 Å². The average Bonchev–Trinajstić information content (AvgIpc) is 3.11. The predicted molar refractivity (Wildman–Crippen MR) is 94.5 cm³/mol. The first-order valence-electron chi connectivity index (χ1n) is 8.81. The maximum atomic E-state index is 13.2. The van der Waals surface area contributed by atoms with E-state index in [2.05, 4.69) is 5.10 Å². The standard InChI is InChI=1S/C17H31N3O3S/c1-13(2)20(10-11-21)24(22,23)15-12-19(14-8-6-7-9-14)18-16(15)17(3,4)5/h12-14,21H,6-11H2,1-5H3. The summed E-state index contributed by atoms with van der Waals surface area (Å²) < 4.78 is 29.7. The van der Waals surface area contributed by atoms with Crippen LogP contribution in [-0.2, 0) is 15.4 Å². The average molecular weight is 358 g/mol. The van der Waals surface area contributed by atoms with Crippen molar-refractivity contribution in [2.75, 3.05) is 13.2 Å². The lowest BCUT2D eigenvalue weighted by Gasteiger charge is -2.26. The Bertz CT molecular complexity index is 653. The molecule has 1 saturated carbocycles. The van der Waals surface area contributed by atoms with Crippen molar-refractivity contribution in [3.63, 3.8) is 0 Å². The molecule has 1 aromatic rings. The molecule has 0 saturated heterocycles. The van der Waals surface area contributed by atoms with E-state index >= 15 is 0 Å². The lowest BCUT2D eigenvalue weighted by atomic mass is 9.92. The minimum atomic E-state index is -3.69. The summed E-state index contributed by atoms with van der Waals surface area (Å²) in [7, 11) is -3.69. The number of aromatic nitrogens is 2. The van der Waals surface area contributed by atoms with Crippen molar-refractivity contribution in [1.82, 2.24) is 14.1 Å². The highest BCUT2D eigenvalue weighted by molar-refractivity contribution is 7.89. The van der Waals surface area contributed by atoms with Crippen molar-refractivity contribution in [2.45, 2.75) is 82.7 Å². The van der Waals surface area contributed by atoms with Gasteiger partial charge in [0.15, 0.2) is 0 Å². The third-order valence-electron chi connectivity index (χ3n) is 4.59. The molecule has 1 heterocycles. The van der Waals surface area contributed by atoms with Crippen LogP contribution in [0.1, 0.15) is 72.0 Å². The third-order valence-corrected chi connectivity index (χ3v) is 6.67. The monoisotopic (exact) mass is 357 g/mol. The van der Waals surface area contributed by atoms with Gasteiger partial charge in [0, 0.05) is 24.2 Å². The molecular formula is C17H31N3O3S. The van der Waals surface area contributed by atoms with Gasteiger partial charge in [-0.3, -0.25) is 4.68 Å². The van der Waals surface area contributed by atoms with Crippen LogP contribution in [0.15, 0.2) is 11.1 Å².